The number of hydrogen-bond donors (Lipinski definition) is 1. The predicted molar refractivity (Wildman–Crippen MR) is 43.0 cm³/mol. The van der Waals surface area contributed by atoms with Gasteiger partial charge < -0.3 is 5.73 Å². The maximum Gasteiger partial charge on any atom is 0.158 e. The van der Waals surface area contributed by atoms with E-state index in [1.165, 1.54) is 0 Å². The van der Waals surface area contributed by atoms with E-state index in [4.69, 9.17) is 5.73 Å². The lowest BCUT2D eigenvalue weighted by Gasteiger charge is -2.30. The van der Waals surface area contributed by atoms with Crippen LogP contribution in [0.4, 0.5) is 0 Å². The molecule has 0 aromatic carbocycles. The molecule has 2 rings (SSSR count). The molecule has 0 aromatic rings. The van der Waals surface area contributed by atoms with Crippen LogP contribution in [0.3, 0.4) is 0 Å². The van der Waals surface area contributed by atoms with E-state index >= 15 is 0 Å². The van der Waals surface area contributed by atoms with Crippen LogP contribution in [0.1, 0.15) is 33.1 Å². The zero-order chi connectivity index (χ0) is 8.28. The summed E-state index contributed by atoms with van der Waals surface area (Å²) in [5.41, 5.74) is 5.40. The number of Topliss-reactive ketones (excluding diaryl/α,β-unsaturated/α-hetero) is 1. The van der Waals surface area contributed by atoms with E-state index in [1.807, 2.05) is 13.8 Å². The zero-order valence-corrected chi connectivity index (χ0v) is 7.18. The summed E-state index contributed by atoms with van der Waals surface area (Å²) in [5.74, 6) is 0.848. The Kier molecular flexibility index (Phi) is 1.12. The number of fused-ring (bicyclic) bond motifs is 2. The zero-order valence-electron chi connectivity index (χ0n) is 7.18. The highest BCUT2D eigenvalue weighted by Crippen LogP contribution is 2.53. The molecule has 2 bridgehead atoms. The van der Waals surface area contributed by atoms with Gasteiger partial charge in [0.05, 0.1) is 5.54 Å². The summed E-state index contributed by atoms with van der Waals surface area (Å²) in [6.45, 7) is 4.07. The SMILES string of the molecule is CC1(C)C(=O)C2(N)CCC1C2. The maximum atomic E-state index is 11.7. The van der Waals surface area contributed by atoms with Gasteiger partial charge in [0.25, 0.3) is 0 Å². The Balaban J connectivity index is 2.42. The van der Waals surface area contributed by atoms with E-state index in [-0.39, 0.29) is 5.41 Å². The first-order chi connectivity index (χ1) is 4.97. The molecule has 2 heteroatoms. The van der Waals surface area contributed by atoms with Gasteiger partial charge in [0.15, 0.2) is 5.78 Å². The summed E-state index contributed by atoms with van der Waals surface area (Å²) in [6.07, 6.45) is 2.99. The van der Waals surface area contributed by atoms with E-state index in [2.05, 4.69) is 0 Å². The first kappa shape index (κ1) is 7.29. The number of rotatable bonds is 0. The van der Waals surface area contributed by atoms with Crippen molar-refractivity contribution in [2.75, 3.05) is 0 Å². The number of nitrogens with two attached hydrogens (primary N) is 1. The lowest BCUT2D eigenvalue weighted by molar-refractivity contribution is -0.131. The van der Waals surface area contributed by atoms with E-state index in [0.29, 0.717) is 11.7 Å². The Labute approximate surface area is 67.1 Å². The predicted octanol–water partition coefficient (Wildman–Crippen LogP) is 1.09. The highest BCUT2D eigenvalue weighted by atomic mass is 16.1. The molecule has 2 fully saturated rings. The second-order valence-corrected chi connectivity index (χ2v) is 4.65. The highest BCUT2D eigenvalue weighted by molar-refractivity contribution is 5.96. The largest absolute Gasteiger partial charge is 0.319 e. The second kappa shape index (κ2) is 1.69. The fourth-order valence-corrected chi connectivity index (χ4v) is 2.72. The van der Waals surface area contributed by atoms with Gasteiger partial charge in [0.1, 0.15) is 0 Å². The van der Waals surface area contributed by atoms with Crippen LogP contribution in [0.2, 0.25) is 0 Å². The minimum atomic E-state index is -0.436. The van der Waals surface area contributed by atoms with Crippen LogP contribution in [0, 0.1) is 11.3 Å². The molecule has 2 aliphatic carbocycles. The van der Waals surface area contributed by atoms with Crippen molar-refractivity contribution in [2.24, 2.45) is 17.1 Å². The van der Waals surface area contributed by atoms with Gasteiger partial charge in [0.2, 0.25) is 0 Å². The number of carbonyl (C=O) groups is 1. The van der Waals surface area contributed by atoms with Crippen molar-refractivity contribution in [3.05, 3.63) is 0 Å². The molecule has 2 aliphatic rings. The molecular formula is C9H15NO. The van der Waals surface area contributed by atoms with E-state index in [0.717, 1.165) is 19.3 Å². The molecule has 0 heterocycles. The summed E-state index contributed by atoms with van der Waals surface area (Å²) in [4.78, 5) is 11.7. The normalized spacial score (nSPS) is 46.8. The van der Waals surface area contributed by atoms with Crippen LogP contribution >= 0.6 is 0 Å². The van der Waals surface area contributed by atoms with E-state index in [1.54, 1.807) is 0 Å². The minimum absolute atomic E-state index is 0.132. The van der Waals surface area contributed by atoms with Gasteiger partial charge in [-0.25, -0.2) is 0 Å². The van der Waals surface area contributed by atoms with Crippen molar-refractivity contribution in [3.8, 4) is 0 Å². The monoisotopic (exact) mass is 153 g/mol. The van der Waals surface area contributed by atoms with Crippen molar-refractivity contribution in [2.45, 2.75) is 38.6 Å². The second-order valence-electron chi connectivity index (χ2n) is 4.65. The lowest BCUT2D eigenvalue weighted by atomic mass is 9.74. The number of ketones is 1. The Morgan fingerprint density at radius 2 is 2.18 bits per heavy atom. The van der Waals surface area contributed by atoms with Crippen LogP contribution in [0.5, 0.6) is 0 Å². The fraction of sp³-hybridized carbons (Fsp3) is 0.889. The quantitative estimate of drug-likeness (QED) is 0.566. The molecule has 2 saturated carbocycles. The lowest BCUT2D eigenvalue weighted by Crippen LogP contribution is -2.48. The van der Waals surface area contributed by atoms with Crippen LogP contribution in [-0.2, 0) is 4.79 Å². The molecule has 0 aromatic heterocycles. The first-order valence-electron chi connectivity index (χ1n) is 4.31. The van der Waals surface area contributed by atoms with Crippen molar-refractivity contribution in [1.29, 1.82) is 0 Å². The van der Waals surface area contributed by atoms with E-state index in [9.17, 15) is 4.79 Å². The van der Waals surface area contributed by atoms with Crippen LogP contribution < -0.4 is 5.73 Å². The molecule has 62 valence electrons. The van der Waals surface area contributed by atoms with Crippen molar-refractivity contribution < 1.29 is 4.79 Å². The van der Waals surface area contributed by atoms with Crippen molar-refractivity contribution in [3.63, 3.8) is 0 Å². The summed E-state index contributed by atoms with van der Waals surface area (Å²) in [7, 11) is 0. The number of carbonyl (C=O) groups excluding carboxylic acids is 1. The fourth-order valence-electron chi connectivity index (χ4n) is 2.72. The molecule has 2 atom stereocenters. The van der Waals surface area contributed by atoms with Crippen LogP contribution in [-0.4, -0.2) is 11.3 Å². The molecule has 0 amide bonds. The number of hydrogen-bond acceptors (Lipinski definition) is 2. The molecular weight excluding hydrogens is 138 g/mol. The van der Waals surface area contributed by atoms with E-state index < -0.39 is 5.54 Å². The van der Waals surface area contributed by atoms with Crippen LogP contribution in [0.15, 0.2) is 0 Å². The molecule has 0 spiro atoms. The average Bonchev–Trinajstić information content (AvgIpc) is 2.36. The average molecular weight is 153 g/mol. The molecule has 11 heavy (non-hydrogen) atoms. The van der Waals surface area contributed by atoms with Crippen molar-refractivity contribution in [1.82, 2.24) is 0 Å². The Hall–Kier alpha value is -0.370. The topological polar surface area (TPSA) is 43.1 Å². The molecule has 2 unspecified atom stereocenters. The highest BCUT2D eigenvalue weighted by Gasteiger charge is 2.59. The summed E-state index contributed by atoms with van der Waals surface area (Å²) in [6, 6.07) is 0. The third-order valence-electron chi connectivity index (χ3n) is 3.61. The van der Waals surface area contributed by atoms with Gasteiger partial charge >= 0.3 is 0 Å². The van der Waals surface area contributed by atoms with Gasteiger partial charge in [0, 0.05) is 5.41 Å². The Bertz CT molecular complexity index is 215. The molecule has 2 N–H and O–H groups in total. The smallest absolute Gasteiger partial charge is 0.158 e. The molecule has 2 nitrogen and oxygen atoms in total. The van der Waals surface area contributed by atoms with Gasteiger partial charge in [-0.2, -0.15) is 0 Å². The summed E-state index contributed by atoms with van der Waals surface area (Å²) >= 11 is 0. The Morgan fingerprint density at radius 1 is 1.55 bits per heavy atom. The van der Waals surface area contributed by atoms with Gasteiger partial charge in [-0.1, -0.05) is 13.8 Å². The Morgan fingerprint density at radius 3 is 2.45 bits per heavy atom. The first-order valence-corrected chi connectivity index (χ1v) is 4.31. The molecule has 0 radical (unpaired) electrons. The van der Waals surface area contributed by atoms with Gasteiger partial charge in [-0.15, -0.1) is 0 Å². The third kappa shape index (κ3) is 0.684. The van der Waals surface area contributed by atoms with Crippen molar-refractivity contribution >= 4 is 5.78 Å². The molecule has 0 aliphatic heterocycles. The van der Waals surface area contributed by atoms with Gasteiger partial charge in [-0.3, -0.25) is 4.79 Å². The molecule has 0 saturated heterocycles. The maximum absolute atomic E-state index is 11.7. The summed E-state index contributed by atoms with van der Waals surface area (Å²) < 4.78 is 0. The van der Waals surface area contributed by atoms with Gasteiger partial charge in [-0.05, 0) is 25.2 Å². The standard InChI is InChI=1S/C9H15NO/c1-8(2)6-3-4-9(10,5-6)7(8)11/h6H,3-5,10H2,1-2H3. The third-order valence-corrected chi connectivity index (χ3v) is 3.61. The minimum Gasteiger partial charge on any atom is -0.319 e. The van der Waals surface area contributed by atoms with Crippen LogP contribution in [0.25, 0.3) is 0 Å². The summed E-state index contributed by atoms with van der Waals surface area (Å²) in [5, 5.41) is 0.